The summed E-state index contributed by atoms with van der Waals surface area (Å²) >= 11 is 0. The molecule has 1 unspecified atom stereocenters. The van der Waals surface area contributed by atoms with E-state index in [1.807, 2.05) is 42.5 Å². The number of benzene rings is 3. The third-order valence-corrected chi connectivity index (χ3v) is 5.75. The van der Waals surface area contributed by atoms with E-state index < -0.39 is 11.9 Å². The SMILES string of the molecule is O=C(O)CCCCC(C=Cc1ccccc1NCc1ccccc1)Cc1ccc(C(=O)O)cc1. The summed E-state index contributed by atoms with van der Waals surface area (Å²) in [5.41, 5.74) is 4.69. The van der Waals surface area contributed by atoms with E-state index in [0.29, 0.717) is 6.42 Å². The molecule has 5 nitrogen and oxygen atoms in total. The minimum Gasteiger partial charge on any atom is -0.481 e. The smallest absolute Gasteiger partial charge is 0.335 e. The Morgan fingerprint density at radius 3 is 2.24 bits per heavy atom. The van der Waals surface area contributed by atoms with E-state index in [-0.39, 0.29) is 17.9 Å². The molecule has 5 heteroatoms. The van der Waals surface area contributed by atoms with Crippen LogP contribution in [0.2, 0.25) is 0 Å². The first-order chi connectivity index (χ1) is 16.5. The number of aliphatic carboxylic acids is 1. The molecule has 176 valence electrons. The van der Waals surface area contributed by atoms with Crippen molar-refractivity contribution < 1.29 is 19.8 Å². The number of carboxylic acids is 2. The van der Waals surface area contributed by atoms with Gasteiger partial charge in [-0.15, -0.1) is 0 Å². The van der Waals surface area contributed by atoms with Crippen molar-refractivity contribution in [2.75, 3.05) is 5.32 Å². The highest BCUT2D eigenvalue weighted by Gasteiger charge is 2.10. The molecule has 3 aromatic carbocycles. The maximum absolute atomic E-state index is 11.1. The van der Waals surface area contributed by atoms with Crippen LogP contribution in [0.1, 0.15) is 52.7 Å². The number of carboxylic acid groups (broad SMARTS) is 2. The van der Waals surface area contributed by atoms with E-state index in [1.165, 1.54) is 5.56 Å². The van der Waals surface area contributed by atoms with Crippen molar-refractivity contribution in [3.05, 3.63) is 107 Å². The van der Waals surface area contributed by atoms with Gasteiger partial charge in [0.15, 0.2) is 0 Å². The van der Waals surface area contributed by atoms with Crippen LogP contribution in [0.25, 0.3) is 6.08 Å². The molecule has 0 bridgehead atoms. The second kappa shape index (κ2) is 13.0. The Labute approximate surface area is 200 Å². The van der Waals surface area contributed by atoms with Gasteiger partial charge in [-0.3, -0.25) is 4.79 Å². The molecule has 3 N–H and O–H groups in total. The zero-order chi connectivity index (χ0) is 24.2. The number of carbonyl (C=O) groups is 2. The van der Waals surface area contributed by atoms with Crippen LogP contribution in [0, 0.1) is 5.92 Å². The van der Waals surface area contributed by atoms with Gasteiger partial charge in [0.25, 0.3) is 0 Å². The molecule has 34 heavy (non-hydrogen) atoms. The molecule has 0 aliphatic carbocycles. The fourth-order valence-corrected chi connectivity index (χ4v) is 3.87. The summed E-state index contributed by atoms with van der Waals surface area (Å²) in [5, 5.41) is 21.6. The third kappa shape index (κ3) is 8.24. The predicted molar refractivity (Wildman–Crippen MR) is 136 cm³/mol. The van der Waals surface area contributed by atoms with Crippen molar-refractivity contribution in [2.24, 2.45) is 5.92 Å². The number of allylic oxidation sites excluding steroid dienone is 1. The maximum Gasteiger partial charge on any atom is 0.335 e. The van der Waals surface area contributed by atoms with Gasteiger partial charge >= 0.3 is 11.9 Å². The average molecular weight is 458 g/mol. The fraction of sp³-hybridized carbons (Fsp3) is 0.241. The van der Waals surface area contributed by atoms with Gasteiger partial charge < -0.3 is 15.5 Å². The quantitative estimate of drug-likeness (QED) is 0.255. The van der Waals surface area contributed by atoms with E-state index in [9.17, 15) is 9.59 Å². The van der Waals surface area contributed by atoms with Crippen molar-refractivity contribution in [1.29, 1.82) is 0 Å². The Morgan fingerprint density at radius 1 is 0.824 bits per heavy atom. The predicted octanol–water partition coefficient (Wildman–Crippen LogP) is 6.51. The number of unbranched alkanes of at least 4 members (excludes halogenated alkanes) is 1. The second-order valence-electron chi connectivity index (χ2n) is 8.39. The number of para-hydroxylation sites is 1. The van der Waals surface area contributed by atoms with Gasteiger partial charge in [-0.1, -0.05) is 79.2 Å². The normalized spacial score (nSPS) is 11.9. The van der Waals surface area contributed by atoms with Crippen LogP contribution in [0.15, 0.2) is 84.9 Å². The number of nitrogens with one attached hydrogen (secondary N) is 1. The van der Waals surface area contributed by atoms with Crippen LogP contribution in [0.5, 0.6) is 0 Å². The van der Waals surface area contributed by atoms with E-state index in [1.54, 1.807) is 12.1 Å². The van der Waals surface area contributed by atoms with Crippen LogP contribution in [-0.2, 0) is 17.8 Å². The van der Waals surface area contributed by atoms with E-state index in [0.717, 1.165) is 42.6 Å². The molecule has 0 heterocycles. The molecular weight excluding hydrogens is 426 g/mol. The zero-order valence-electron chi connectivity index (χ0n) is 19.2. The molecule has 1 atom stereocenters. The van der Waals surface area contributed by atoms with Crippen LogP contribution in [-0.4, -0.2) is 22.2 Å². The number of anilines is 1. The third-order valence-electron chi connectivity index (χ3n) is 5.75. The molecular formula is C29H31NO4. The van der Waals surface area contributed by atoms with Crippen LogP contribution in [0.4, 0.5) is 5.69 Å². The molecule has 0 aliphatic rings. The molecule has 0 fully saturated rings. The number of rotatable bonds is 13. The monoisotopic (exact) mass is 457 g/mol. The molecule has 0 radical (unpaired) electrons. The molecule has 3 rings (SSSR count). The van der Waals surface area contributed by atoms with Crippen LogP contribution in [0.3, 0.4) is 0 Å². The standard InChI is InChI=1S/C29H31NO4/c31-28(32)13-7-4-8-22(20-23-15-18-26(19-16-23)29(33)34)14-17-25-11-5-6-12-27(25)30-21-24-9-2-1-3-10-24/h1-3,5-6,9-12,14-19,22,30H,4,7-8,13,20-21H2,(H,31,32)(H,33,34). The lowest BCUT2D eigenvalue weighted by atomic mass is 9.92. The Balaban J connectivity index is 1.70. The lowest BCUT2D eigenvalue weighted by molar-refractivity contribution is -0.137. The highest BCUT2D eigenvalue weighted by atomic mass is 16.4. The minimum absolute atomic E-state index is 0.177. The van der Waals surface area contributed by atoms with Gasteiger partial charge in [-0.05, 0) is 60.1 Å². The minimum atomic E-state index is -0.934. The van der Waals surface area contributed by atoms with E-state index in [2.05, 4.69) is 41.7 Å². The molecule has 0 spiro atoms. The van der Waals surface area contributed by atoms with Crippen molar-refractivity contribution >= 4 is 23.7 Å². The number of hydrogen-bond donors (Lipinski definition) is 3. The topological polar surface area (TPSA) is 86.6 Å². The van der Waals surface area contributed by atoms with E-state index in [4.69, 9.17) is 10.2 Å². The lowest BCUT2D eigenvalue weighted by Crippen LogP contribution is -2.04. The fourth-order valence-electron chi connectivity index (χ4n) is 3.87. The van der Waals surface area contributed by atoms with Gasteiger partial charge in [-0.25, -0.2) is 4.79 Å². The number of aromatic carboxylic acids is 1. The first-order valence-electron chi connectivity index (χ1n) is 11.6. The molecule has 0 saturated carbocycles. The zero-order valence-corrected chi connectivity index (χ0v) is 19.2. The summed E-state index contributed by atoms with van der Waals surface area (Å²) in [7, 11) is 0. The van der Waals surface area contributed by atoms with Gasteiger partial charge in [-0.2, -0.15) is 0 Å². The first-order valence-corrected chi connectivity index (χ1v) is 11.6. The molecule has 0 aliphatic heterocycles. The Bertz CT molecular complexity index is 1090. The van der Waals surface area contributed by atoms with Crippen LogP contribution >= 0.6 is 0 Å². The average Bonchev–Trinajstić information content (AvgIpc) is 2.85. The summed E-state index contributed by atoms with van der Waals surface area (Å²) in [6.07, 6.45) is 7.59. The second-order valence-corrected chi connectivity index (χ2v) is 8.39. The maximum atomic E-state index is 11.1. The summed E-state index contributed by atoms with van der Waals surface area (Å²) < 4.78 is 0. The summed E-state index contributed by atoms with van der Waals surface area (Å²) in [5.74, 6) is -1.49. The van der Waals surface area contributed by atoms with Crippen molar-refractivity contribution in [3.8, 4) is 0 Å². The highest BCUT2D eigenvalue weighted by Crippen LogP contribution is 2.23. The summed E-state index contributed by atoms with van der Waals surface area (Å²) in [6.45, 7) is 0.736. The number of hydrogen-bond acceptors (Lipinski definition) is 3. The van der Waals surface area contributed by atoms with Crippen LogP contribution < -0.4 is 5.32 Å². The Morgan fingerprint density at radius 2 is 1.53 bits per heavy atom. The molecule has 3 aromatic rings. The summed E-state index contributed by atoms with van der Waals surface area (Å²) in [4.78, 5) is 22.0. The first kappa shape index (κ1) is 24.8. The van der Waals surface area contributed by atoms with Gasteiger partial charge in [0, 0.05) is 18.7 Å². The van der Waals surface area contributed by atoms with E-state index >= 15 is 0 Å². The Hall–Kier alpha value is -3.86. The van der Waals surface area contributed by atoms with Gasteiger partial charge in [0.1, 0.15) is 0 Å². The highest BCUT2D eigenvalue weighted by molar-refractivity contribution is 5.87. The lowest BCUT2D eigenvalue weighted by Gasteiger charge is -2.14. The van der Waals surface area contributed by atoms with Crippen molar-refractivity contribution in [1.82, 2.24) is 0 Å². The molecule has 0 amide bonds. The van der Waals surface area contributed by atoms with Crippen molar-refractivity contribution in [2.45, 2.75) is 38.6 Å². The molecule has 0 saturated heterocycles. The largest absolute Gasteiger partial charge is 0.481 e. The Kier molecular flexibility index (Phi) is 9.47. The van der Waals surface area contributed by atoms with Gasteiger partial charge in [0.2, 0.25) is 0 Å². The summed E-state index contributed by atoms with van der Waals surface area (Å²) in [6, 6.07) is 25.4. The van der Waals surface area contributed by atoms with Gasteiger partial charge in [0.05, 0.1) is 5.56 Å². The van der Waals surface area contributed by atoms with Crippen molar-refractivity contribution in [3.63, 3.8) is 0 Å². The molecule has 0 aromatic heterocycles.